The number of amides is 1. The Bertz CT molecular complexity index is 742. The third-order valence-corrected chi connectivity index (χ3v) is 7.58. The maximum absolute atomic E-state index is 12.8. The number of carbonyl (C=O) groups excluding carboxylic acids is 1. The lowest BCUT2D eigenvalue weighted by molar-refractivity contribution is 0.0688. The molecule has 0 aromatic carbocycles. The average Bonchev–Trinajstić information content (AvgIpc) is 2.68. The summed E-state index contributed by atoms with van der Waals surface area (Å²) in [4.78, 5) is 20.8. The van der Waals surface area contributed by atoms with Gasteiger partial charge in [0.25, 0.3) is 16.1 Å². The van der Waals surface area contributed by atoms with Crippen molar-refractivity contribution in [1.29, 1.82) is 0 Å². The molecule has 2 aliphatic rings. The predicted molar refractivity (Wildman–Crippen MR) is 101 cm³/mol. The van der Waals surface area contributed by atoms with E-state index in [1.165, 1.54) is 16.1 Å². The number of aromatic nitrogens is 1. The highest BCUT2D eigenvalue weighted by molar-refractivity contribution is 7.98. The third-order valence-electron chi connectivity index (χ3n) is 4.84. The summed E-state index contributed by atoms with van der Waals surface area (Å²) in [6.45, 7) is 3.98. The summed E-state index contributed by atoms with van der Waals surface area (Å²) < 4.78 is 28.7. The first-order valence-corrected chi connectivity index (χ1v) is 11.3. The standard InChI is InChI=1S/C16H25N5O3S2/c1-18-6-10-20(11-7-18)26(23,24)21-12-8-19(9-13-21)16(22)14-4-3-5-17-15(14)25-2/h3-5H,6-13H2,1-2H3. The van der Waals surface area contributed by atoms with Crippen LogP contribution in [0.2, 0.25) is 0 Å². The van der Waals surface area contributed by atoms with Crippen LogP contribution in [-0.4, -0.2) is 103 Å². The molecular formula is C16H25N5O3S2. The summed E-state index contributed by atoms with van der Waals surface area (Å²) >= 11 is 1.44. The fraction of sp³-hybridized carbons (Fsp3) is 0.625. The van der Waals surface area contributed by atoms with Crippen LogP contribution in [-0.2, 0) is 10.2 Å². The number of likely N-dealkylation sites (N-methyl/N-ethyl adjacent to an activating group) is 1. The molecule has 1 amide bonds. The Morgan fingerprint density at radius 3 is 2.19 bits per heavy atom. The Labute approximate surface area is 159 Å². The molecule has 0 bridgehead atoms. The van der Waals surface area contributed by atoms with Gasteiger partial charge in [0.1, 0.15) is 5.03 Å². The molecule has 0 aliphatic carbocycles. The van der Waals surface area contributed by atoms with Crippen molar-refractivity contribution in [1.82, 2.24) is 23.4 Å². The summed E-state index contributed by atoms with van der Waals surface area (Å²) in [5.41, 5.74) is 0.579. The van der Waals surface area contributed by atoms with E-state index in [4.69, 9.17) is 0 Å². The van der Waals surface area contributed by atoms with Crippen LogP contribution in [0.5, 0.6) is 0 Å². The molecule has 2 aliphatic heterocycles. The zero-order valence-corrected chi connectivity index (χ0v) is 16.8. The van der Waals surface area contributed by atoms with Gasteiger partial charge in [0.15, 0.2) is 0 Å². The molecule has 26 heavy (non-hydrogen) atoms. The molecule has 0 spiro atoms. The third kappa shape index (κ3) is 4.04. The second kappa shape index (κ2) is 8.22. The molecule has 1 aromatic rings. The van der Waals surface area contributed by atoms with Crippen LogP contribution in [0.15, 0.2) is 23.4 Å². The normalized spacial score (nSPS) is 21.1. The second-order valence-corrected chi connectivity index (χ2v) is 9.18. The number of rotatable bonds is 4. The van der Waals surface area contributed by atoms with Crippen LogP contribution in [0, 0.1) is 0 Å². The van der Waals surface area contributed by atoms with Crippen molar-refractivity contribution in [3.8, 4) is 0 Å². The largest absolute Gasteiger partial charge is 0.336 e. The van der Waals surface area contributed by atoms with E-state index in [-0.39, 0.29) is 5.91 Å². The fourth-order valence-electron chi connectivity index (χ4n) is 3.19. The van der Waals surface area contributed by atoms with Gasteiger partial charge in [0.2, 0.25) is 0 Å². The van der Waals surface area contributed by atoms with Gasteiger partial charge in [-0.2, -0.15) is 17.0 Å². The molecule has 0 atom stereocenters. The quantitative estimate of drug-likeness (QED) is 0.666. The lowest BCUT2D eigenvalue weighted by atomic mass is 10.2. The van der Waals surface area contributed by atoms with Crippen molar-refractivity contribution in [3.63, 3.8) is 0 Å². The van der Waals surface area contributed by atoms with E-state index in [2.05, 4.69) is 9.88 Å². The van der Waals surface area contributed by atoms with E-state index in [1.54, 1.807) is 27.5 Å². The van der Waals surface area contributed by atoms with Gasteiger partial charge in [-0.3, -0.25) is 4.79 Å². The summed E-state index contributed by atoms with van der Waals surface area (Å²) in [5, 5.41) is 0.699. The van der Waals surface area contributed by atoms with E-state index in [1.807, 2.05) is 13.3 Å². The zero-order valence-electron chi connectivity index (χ0n) is 15.2. The monoisotopic (exact) mass is 399 g/mol. The minimum Gasteiger partial charge on any atom is -0.336 e. The number of hydrogen-bond donors (Lipinski definition) is 0. The van der Waals surface area contributed by atoms with Gasteiger partial charge >= 0.3 is 0 Å². The van der Waals surface area contributed by atoms with Crippen LogP contribution in [0.4, 0.5) is 0 Å². The van der Waals surface area contributed by atoms with Gasteiger partial charge in [-0.1, -0.05) is 0 Å². The average molecular weight is 400 g/mol. The molecule has 2 fully saturated rings. The molecule has 1 aromatic heterocycles. The molecule has 0 saturated carbocycles. The highest BCUT2D eigenvalue weighted by Crippen LogP contribution is 2.20. The Morgan fingerprint density at radius 1 is 1.04 bits per heavy atom. The van der Waals surface area contributed by atoms with Crippen LogP contribution < -0.4 is 0 Å². The summed E-state index contributed by atoms with van der Waals surface area (Å²) in [5.74, 6) is -0.0842. The number of carbonyl (C=O) groups is 1. The van der Waals surface area contributed by atoms with Gasteiger partial charge in [0.05, 0.1) is 5.56 Å². The second-order valence-electron chi connectivity index (χ2n) is 6.46. The number of hydrogen-bond acceptors (Lipinski definition) is 6. The van der Waals surface area contributed by atoms with Crippen LogP contribution in [0.3, 0.4) is 0 Å². The molecule has 8 nitrogen and oxygen atoms in total. The zero-order chi connectivity index (χ0) is 18.7. The minimum atomic E-state index is -3.45. The highest BCUT2D eigenvalue weighted by Gasteiger charge is 2.35. The molecule has 2 saturated heterocycles. The van der Waals surface area contributed by atoms with Crippen molar-refractivity contribution in [2.75, 3.05) is 65.7 Å². The smallest absolute Gasteiger partial charge is 0.282 e. The van der Waals surface area contributed by atoms with Crippen molar-refractivity contribution in [2.45, 2.75) is 5.03 Å². The van der Waals surface area contributed by atoms with Gasteiger partial charge in [-0.05, 0) is 25.4 Å². The SMILES string of the molecule is CSc1ncccc1C(=O)N1CCN(S(=O)(=O)N2CCN(C)CC2)CC1. The molecule has 0 unspecified atom stereocenters. The molecular weight excluding hydrogens is 374 g/mol. The lowest BCUT2D eigenvalue weighted by Crippen LogP contribution is -2.57. The number of thioether (sulfide) groups is 1. The van der Waals surface area contributed by atoms with Crippen molar-refractivity contribution in [3.05, 3.63) is 23.9 Å². The summed E-state index contributed by atoms with van der Waals surface area (Å²) in [7, 11) is -1.45. The predicted octanol–water partition coefficient (Wildman–Crippen LogP) is 0.0535. The Balaban J connectivity index is 1.63. The van der Waals surface area contributed by atoms with Gasteiger partial charge in [-0.15, -0.1) is 11.8 Å². The molecule has 0 N–H and O–H groups in total. The minimum absolute atomic E-state index is 0.0842. The first-order valence-electron chi connectivity index (χ1n) is 8.65. The van der Waals surface area contributed by atoms with E-state index in [0.29, 0.717) is 49.9 Å². The maximum atomic E-state index is 12.8. The lowest BCUT2D eigenvalue weighted by Gasteiger charge is -2.39. The van der Waals surface area contributed by atoms with Gasteiger partial charge in [0, 0.05) is 58.6 Å². The van der Waals surface area contributed by atoms with Crippen LogP contribution >= 0.6 is 11.8 Å². The van der Waals surface area contributed by atoms with Crippen molar-refractivity contribution < 1.29 is 13.2 Å². The Morgan fingerprint density at radius 2 is 1.62 bits per heavy atom. The number of piperazine rings is 2. The maximum Gasteiger partial charge on any atom is 0.282 e. The molecule has 10 heteroatoms. The van der Waals surface area contributed by atoms with E-state index in [0.717, 1.165) is 13.1 Å². The molecule has 3 heterocycles. The van der Waals surface area contributed by atoms with Crippen LogP contribution in [0.25, 0.3) is 0 Å². The van der Waals surface area contributed by atoms with E-state index < -0.39 is 10.2 Å². The van der Waals surface area contributed by atoms with Gasteiger partial charge in [-0.25, -0.2) is 4.98 Å². The van der Waals surface area contributed by atoms with E-state index in [9.17, 15) is 13.2 Å². The first kappa shape index (κ1) is 19.6. The van der Waals surface area contributed by atoms with Crippen molar-refractivity contribution in [2.24, 2.45) is 0 Å². The van der Waals surface area contributed by atoms with Crippen molar-refractivity contribution >= 4 is 27.9 Å². The topological polar surface area (TPSA) is 77.1 Å². The van der Waals surface area contributed by atoms with Gasteiger partial charge < -0.3 is 9.80 Å². The first-order chi connectivity index (χ1) is 12.4. The highest BCUT2D eigenvalue weighted by atomic mass is 32.2. The molecule has 3 rings (SSSR count). The molecule has 144 valence electrons. The van der Waals surface area contributed by atoms with E-state index >= 15 is 0 Å². The summed E-state index contributed by atoms with van der Waals surface area (Å²) in [6.07, 6.45) is 3.56. The Hall–Kier alpha value is -1.20. The number of nitrogens with zero attached hydrogens (tertiary/aromatic N) is 5. The fourth-order valence-corrected chi connectivity index (χ4v) is 5.31. The number of pyridine rings is 1. The summed E-state index contributed by atoms with van der Waals surface area (Å²) in [6, 6.07) is 3.52. The Kier molecular flexibility index (Phi) is 6.18. The van der Waals surface area contributed by atoms with Crippen LogP contribution in [0.1, 0.15) is 10.4 Å². The molecule has 0 radical (unpaired) electrons.